The molecule has 2 aromatic carbocycles. The number of hydrogen-bond donors (Lipinski definition) is 3. The van der Waals surface area contributed by atoms with Gasteiger partial charge in [0.25, 0.3) is 11.9 Å². The summed E-state index contributed by atoms with van der Waals surface area (Å²) in [6, 6.07) is 14.1. The van der Waals surface area contributed by atoms with Gasteiger partial charge in [-0.3, -0.25) is 10.1 Å². The first kappa shape index (κ1) is 15.4. The van der Waals surface area contributed by atoms with Gasteiger partial charge >= 0.3 is 0 Å². The van der Waals surface area contributed by atoms with Crippen LogP contribution in [0.3, 0.4) is 0 Å². The fraction of sp³-hybridized carbons (Fsp3) is 0.0588. The van der Waals surface area contributed by atoms with Crippen LogP contribution in [-0.4, -0.2) is 21.8 Å². The average Bonchev–Trinajstić information content (AvgIpc) is 2.55. The molecule has 3 rings (SSSR count). The number of amides is 1. The van der Waals surface area contributed by atoms with Gasteiger partial charge in [-0.2, -0.15) is 4.99 Å². The van der Waals surface area contributed by atoms with E-state index in [1.165, 1.54) is 0 Å². The molecule has 5 N–H and O–H groups in total. The Labute approximate surface area is 138 Å². The lowest BCUT2D eigenvalue weighted by molar-refractivity contribution is 0.0976. The highest BCUT2D eigenvalue weighted by Gasteiger charge is 2.08. The van der Waals surface area contributed by atoms with E-state index in [9.17, 15) is 4.79 Å². The standard InChI is InChI=1S/C17H16N6O/c1-10-13-4-2-3-5-14(13)21-17(20-10)23-16(19)22-15(24)11-6-8-12(18)9-7-11/h2-9H,18H2,1H3,(H3,19,20,21,22,23,24). The molecule has 1 aromatic heterocycles. The van der Waals surface area contributed by atoms with Crippen molar-refractivity contribution in [3.05, 3.63) is 59.8 Å². The van der Waals surface area contributed by atoms with Gasteiger partial charge in [-0.25, -0.2) is 9.97 Å². The molecule has 7 nitrogen and oxygen atoms in total. The van der Waals surface area contributed by atoms with Crippen molar-refractivity contribution in [1.29, 1.82) is 0 Å². The molecule has 7 heteroatoms. The first-order chi connectivity index (χ1) is 11.5. The lowest BCUT2D eigenvalue weighted by Gasteiger charge is -2.05. The number of fused-ring (bicyclic) bond motifs is 1. The molecule has 0 fully saturated rings. The first-order valence-electron chi connectivity index (χ1n) is 7.27. The van der Waals surface area contributed by atoms with E-state index >= 15 is 0 Å². The fourth-order valence-corrected chi connectivity index (χ4v) is 2.23. The number of anilines is 1. The number of carbonyl (C=O) groups excluding carboxylic acids is 1. The molecule has 0 aliphatic heterocycles. The molecule has 0 aliphatic carbocycles. The Hall–Kier alpha value is -3.48. The molecule has 0 unspecified atom stereocenters. The number of carbonyl (C=O) groups is 1. The molecule has 3 aromatic rings. The fourth-order valence-electron chi connectivity index (χ4n) is 2.23. The predicted octanol–water partition coefficient (Wildman–Crippen LogP) is 1.90. The molecule has 0 saturated carbocycles. The van der Waals surface area contributed by atoms with Gasteiger partial charge in [0, 0.05) is 16.6 Å². The van der Waals surface area contributed by atoms with Crippen molar-refractivity contribution in [1.82, 2.24) is 15.3 Å². The highest BCUT2D eigenvalue weighted by molar-refractivity contribution is 6.05. The third kappa shape index (κ3) is 3.30. The van der Waals surface area contributed by atoms with E-state index in [2.05, 4.69) is 20.3 Å². The van der Waals surface area contributed by atoms with Crippen LogP contribution < -0.4 is 16.8 Å². The van der Waals surface area contributed by atoms with Crippen molar-refractivity contribution in [3.8, 4) is 0 Å². The Bertz CT molecular complexity index is 933. The van der Waals surface area contributed by atoms with E-state index in [1.807, 2.05) is 31.2 Å². The van der Waals surface area contributed by atoms with Crippen molar-refractivity contribution >= 4 is 34.4 Å². The van der Waals surface area contributed by atoms with Crippen LogP contribution in [-0.2, 0) is 0 Å². The van der Waals surface area contributed by atoms with Gasteiger partial charge in [-0.15, -0.1) is 0 Å². The number of para-hydroxylation sites is 1. The summed E-state index contributed by atoms with van der Waals surface area (Å²) < 4.78 is 0. The van der Waals surface area contributed by atoms with Crippen LogP contribution in [0, 0.1) is 6.92 Å². The zero-order valence-corrected chi connectivity index (χ0v) is 13.0. The average molecular weight is 320 g/mol. The van der Waals surface area contributed by atoms with E-state index in [0.29, 0.717) is 11.3 Å². The maximum absolute atomic E-state index is 12.1. The minimum atomic E-state index is -0.381. The zero-order valence-electron chi connectivity index (χ0n) is 13.0. The van der Waals surface area contributed by atoms with Crippen LogP contribution in [0.2, 0.25) is 0 Å². The van der Waals surface area contributed by atoms with Crippen LogP contribution in [0.25, 0.3) is 10.9 Å². The van der Waals surface area contributed by atoms with Crippen molar-refractivity contribution in [3.63, 3.8) is 0 Å². The number of nitrogens with zero attached hydrogens (tertiary/aromatic N) is 3. The van der Waals surface area contributed by atoms with Gasteiger partial charge in [0.1, 0.15) is 0 Å². The van der Waals surface area contributed by atoms with E-state index in [0.717, 1.165) is 16.6 Å². The normalized spacial score (nSPS) is 11.5. The molecule has 1 heterocycles. The van der Waals surface area contributed by atoms with Crippen molar-refractivity contribution < 1.29 is 4.79 Å². The number of nitrogens with two attached hydrogens (primary N) is 2. The molecule has 120 valence electrons. The third-order valence-electron chi connectivity index (χ3n) is 3.42. The highest BCUT2D eigenvalue weighted by Crippen LogP contribution is 2.17. The SMILES string of the molecule is Cc1nc(N=C(N)NC(=O)c2ccc(N)cc2)nc2ccccc12. The van der Waals surface area contributed by atoms with Crippen molar-refractivity contribution in [2.45, 2.75) is 6.92 Å². The second kappa shape index (κ2) is 6.33. The quantitative estimate of drug-likeness (QED) is 0.378. The Morgan fingerprint density at radius 2 is 1.79 bits per heavy atom. The molecule has 0 spiro atoms. The van der Waals surface area contributed by atoms with Crippen LogP contribution in [0.4, 0.5) is 11.6 Å². The van der Waals surface area contributed by atoms with E-state index in [-0.39, 0.29) is 17.8 Å². The summed E-state index contributed by atoms with van der Waals surface area (Å²) in [6.07, 6.45) is 0. The number of nitrogens with one attached hydrogen (secondary N) is 1. The number of guanidine groups is 1. The molecule has 0 radical (unpaired) electrons. The van der Waals surface area contributed by atoms with E-state index < -0.39 is 0 Å². The molecular weight excluding hydrogens is 304 g/mol. The number of nitrogen functional groups attached to an aromatic ring is 1. The second-order valence-electron chi connectivity index (χ2n) is 5.20. The maximum Gasteiger partial charge on any atom is 0.257 e. The summed E-state index contributed by atoms with van der Waals surface area (Å²) in [7, 11) is 0. The first-order valence-corrected chi connectivity index (χ1v) is 7.27. The molecule has 0 aliphatic rings. The monoisotopic (exact) mass is 320 g/mol. The summed E-state index contributed by atoms with van der Waals surface area (Å²) in [5.41, 5.74) is 13.9. The lowest BCUT2D eigenvalue weighted by atomic mass is 10.2. The van der Waals surface area contributed by atoms with Gasteiger partial charge in [0.05, 0.1) is 11.2 Å². The number of aromatic nitrogens is 2. The summed E-state index contributed by atoms with van der Waals surface area (Å²) in [5, 5.41) is 3.44. The Balaban J connectivity index is 1.83. The van der Waals surface area contributed by atoms with Crippen molar-refractivity contribution in [2.75, 3.05) is 5.73 Å². The minimum absolute atomic E-state index is 0.0773. The maximum atomic E-state index is 12.1. The van der Waals surface area contributed by atoms with Gasteiger partial charge in [0.15, 0.2) is 0 Å². The Morgan fingerprint density at radius 1 is 1.08 bits per heavy atom. The topological polar surface area (TPSA) is 119 Å². The van der Waals surface area contributed by atoms with E-state index in [4.69, 9.17) is 11.5 Å². The number of hydrogen-bond acceptors (Lipinski definition) is 5. The molecule has 0 bridgehead atoms. The van der Waals surface area contributed by atoms with Crippen LogP contribution in [0.1, 0.15) is 16.1 Å². The second-order valence-corrected chi connectivity index (χ2v) is 5.20. The molecule has 0 atom stereocenters. The Kier molecular flexibility index (Phi) is 4.07. The van der Waals surface area contributed by atoms with Gasteiger partial charge in [0.2, 0.25) is 5.96 Å². The summed E-state index contributed by atoms with van der Waals surface area (Å²) in [6.45, 7) is 1.87. The van der Waals surface area contributed by atoms with E-state index in [1.54, 1.807) is 24.3 Å². The number of rotatable bonds is 2. The lowest BCUT2D eigenvalue weighted by Crippen LogP contribution is -2.36. The predicted molar refractivity (Wildman–Crippen MR) is 93.9 cm³/mol. The zero-order chi connectivity index (χ0) is 17.1. The summed E-state index contributed by atoms with van der Waals surface area (Å²) >= 11 is 0. The molecule has 24 heavy (non-hydrogen) atoms. The van der Waals surface area contributed by atoms with Crippen LogP contribution in [0.15, 0.2) is 53.5 Å². The third-order valence-corrected chi connectivity index (χ3v) is 3.42. The smallest absolute Gasteiger partial charge is 0.257 e. The van der Waals surface area contributed by atoms with Gasteiger partial charge < -0.3 is 11.5 Å². The molecule has 1 amide bonds. The minimum Gasteiger partial charge on any atom is -0.399 e. The van der Waals surface area contributed by atoms with Crippen molar-refractivity contribution in [2.24, 2.45) is 10.7 Å². The van der Waals surface area contributed by atoms with Crippen LogP contribution in [0.5, 0.6) is 0 Å². The highest BCUT2D eigenvalue weighted by atomic mass is 16.1. The number of aliphatic imine (C=N–C) groups is 1. The number of benzene rings is 2. The molecular formula is C17H16N6O. The summed E-state index contributed by atoms with van der Waals surface area (Å²) in [5.74, 6) is -0.262. The van der Waals surface area contributed by atoms with Gasteiger partial charge in [-0.1, -0.05) is 18.2 Å². The van der Waals surface area contributed by atoms with Gasteiger partial charge in [-0.05, 0) is 37.3 Å². The largest absolute Gasteiger partial charge is 0.399 e. The summed E-state index contributed by atoms with van der Waals surface area (Å²) in [4.78, 5) is 24.8. The van der Waals surface area contributed by atoms with Crippen LogP contribution >= 0.6 is 0 Å². The number of aryl methyl sites for hydroxylation is 1. The Morgan fingerprint density at radius 3 is 2.54 bits per heavy atom. The molecule has 0 saturated heterocycles.